The van der Waals surface area contributed by atoms with E-state index in [1.54, 1.807) is 0 Å². The van der Waals surface area contributed by atoms with Crippen LogP contribution in [0.2, 0.25) is 0 Å². The van der Waals surface area contributed by atoms with Crippen LogP contribution < -0.4 is 5.32 Å². The van der Waals surface area contributed by atoms with Gasteiger partial charge in [-0.3, -0.25) is 0 Å². The number of nitrogens with one attached hydrogen (secondary N) is 1. The molecule has 1 aromatic heterocycles. The Hall–Kier alpha value is -1.59. The first-order chi connectivity index (χ1) is 11.3. The second-order valence-electron chi connectivity index (χ2n) is 7.49. The van der Waals surface area contributed by atoms with Crippen molar-refractivity contribution in [1.29, 1.82) is 0 Å². The van der Waals surface area contributed by atoms with Gasteiger partial charge in [-0.1, -0.05) is 19.3 Å². The van der Waals surface area contributed by atoms with E-state index in [4.69, 9.17) is 0 Å². The number of carbonyl (C=O) groups is 1. The molecule has 23 heavy (non-hydrogen) atoms. The predicted molar refractivity (Wildman–Crippen MR) is 86.9 cm³/mol. The maximum absolute atomic E-state index is 12.4. The van der Waals surface area contributed by atoms with Gasteiger partial charge in [-0.25, -0.2) is 4.79 Å². The summed E-state index contributed by atoms with van der Waals surface area (Å²) in [5, 5.41) is 11.4. The molecule has 1 aliphatic carbocycles. The summed E-state index contributed by atoms with van der Waals surface area (Å²) in [5.74, 6) is 1.96. The second kappa shape index (κ2) is 6.13. The van der Waals surface area contributed by atoms with Gasteiger partial charge in [-0.2, -0.15) is 0 Å². The van der Waals surface area contributed by atoms with Crippen molar-refractivity contribution in [3.8, 4) is 0 Å². The fourth-order valence-electron chi connectivity index (χ4n) is 4.59. The lowest BCUT2D eigenvalue weighted by atomic mass is 9.68. The van der Waals surface area contributed by atoms with Crippen LogP contribution in [0.5, 0.6) is 0 Å². The van der Waals surface area contributed by atoms with E-state index in [1.165, 1.54) is 44.9 Å². The first kappa shape index (κ1) is 15.0. The van der Waals surface area contributed by atoms with Crippen LogP contribution in [0.4, 0.5) is 4.79 Å². The summed E-state index contributed by atoms with van der Waals surface area (Å²) < 4.78 is 2.15. The van der Waals surface area contributed by atoms with E-state index < -0.39 is 0 Å². The minimum absolute atomic E-state index is 0.0611. The zero-order valence-corrected chi connectivity index (χ0v) is 13.9. The minimum Gasteiger partial charge on any atom is -0.331 e. The molecule has 1 N–H and O–H groups in total. The Labute approximate surface area is 137 Å². The summed E-state index contributed by atoms with van der Waals surface area (Å²) in [6.45, 7) is 3.29. The van der Waals surface area contributed by atoms with Crippen LogP contribution in [-0.2, 0) is 19.5 Å². The Balaban J connectivity index is 1.28. The van der Waals surface area contributed by atoms with Crippen molar-refractivity contribution in [1.82, 2.24) is 25.0 Å². The second-order valence-corrected chi connectivity index (χ2v) is 7.49. The van der Waals surface area contributed by atoms with Crippen LogP contribution in [0, 0.1) is 5.41 Å². The molecule has 1 spiro atoms. The zero-order valence-electron chi connectivity index (χ0n) is 13.9. The van der Waals surface area contributed by atoms with E-state index in [2.05, 4.69) is 20.1 Å². The Morgan fingerprint density at radius 1 is 1.00 bits per heavy atom. The number of hydrogen-bond donors (Lipinski definition) is 1. The fraction of sp³-hybridized carbons (Fsp3) is 0.824. The standard InChI is InChI=1S/C17H27N5O/c23-16(18-13-15-20-19-14-5-4-10-22(14)15)21-11-8-17(9-12-21)6-2-1-3-7-17/h1-13H2,(H,18,23). The number of piperidine rings is 1. The number of likely N-dealkylation sites (tertiary alicyclic amines) is 1. The van der Waals surface area contributed by atoms with Gasteiger partial charge in [0.15, 0.2) is 5.82 Å². The molecule has 6 heteroatoms. The highest BCUT2D eigenvalue weighted by Crippen LogP contribution is 2.44. The summed E-state index contributed by atoms with van der Waals surface area (Å²) in [6.07, 6.45) is 11.4. The molecule has 0 atom stereocenters. The summed E-state index contributed by atoms with van der Waals surface area (Å²) in [4.78, 5) is 14.4. The van der Waals surface area contributed by atoms with Gasteiger partial charge in [0.25, 0.3) is 0 Å². The van der Waals surface area contributed by atoms with Crippen molar-refractivity contribution >= 4 is 6.03 Å². The monoisotopic (exact) mass is 317 g/mol. The molecule has 0 bridgehead atoms. The molecule has 3 heterocycles. The summed E-state index contributed by atoms with van der Waals surface area (Å²) in [7, 11) is 0. The molecule has 0 radical (unpaired) electrons. The van der Waals surface area contributed by atoms with E-state index in [0.717, 1.165) is 44.1 Å². The number of hydrogen-bond acceptors (Lipinski definition) is 3. The lowest BCUT2D eigenvalue weighted by molar-refractivity contribution is 0.0811. The van der Waals surface area contributed by atoms with Crippen molar-refractivity contribution in [2.45, 2.75) is 70.9 Å². The molecule has 2 fully saturated rings. The molecule has 126 valence electrons. The number of rotatable bonds is 2. The van der Waals surface area contributed by atoms with Gasteiger partial charge in [0, 0.05) is 26.1 Å². The van der Waals surface area contributed by atoms with E-state index in [0.29, 0.717) is 12.0 Å². The van der Waals surface area contributed by atoms with Crippen LogP contribution in [0.3, 0.4) is 0 Å². The summed E-state index contributed by atoms with van der Waals surface area (Å²) in [5.41, 5.74) is 0.545. The van der Waals surface area contributed by atoms with E-state index in [9.17, 15) is 4.79 Å². The van der Waals surface area contributed by atoms with Crippen LogP contribution in [0.25, 0.3) is 0 Å². The fourth-order valence-corrected chi connectivity index (χ4v) is 4.59. The zero-order chi connectivity index (χ0) is 15.7. The highest BCUT2D eigenvalue weighted by Gasteiger charge is 2.36. The molecule has 2 amide bonds. The maximum Gasteiger partial charge on any atom is 0.317 e. The van der Waals surface area contributed by atoms with E-state index in [1.807, 2.05) is 4.90 Å². The molecule has 1 saturated heterocycles. The van der Waals surface area contributed by atoms with Crippen molar-refractivity contribution in [3.63, 3.8) is 0 Å². The van der Waals surface area contributed by atoms with Crippen molar-refractivity contribution in [2.75, 3.05) is 13.1 Å². The minimum atomic E-state index is 0.0611. The molecule has 2 aliphatic heterocycles. The van der Waals surface area contributed by atoms with Gasteiger partial charge in [0.2, 0.25) is 0 Å². The molecule has 1 saturated carbocycles. The molecule has 0 unspecified atom stereocenters. The Kier molecular flexibility index (Phi) is 3.99. The van der Waals surface area contributed by atoms with Crippen LogP contribution >= 0.6 is 0 Å². The number of carbonyl (C=O) groups excluding carboxylic acids is 1. The Bertz CT molecular complexity index is 566. The third-order valence-corrected chi connectivity index (χ3v) is 6.11. The predicted octanol–water partition coefficient (Wildman–Crippen LogP) is 2.48. The van der Waals surface area contributed by atoms with Gasteiger partial charge in [0.05, 0.1) is 6.54 Å². The van der Waals surface area contributed by atoms with Gasteiger partial charge in [-0.05, 0) is 37.5 Å². The van der Waals surface area contributed by atoms with E-state index >= 15 is 0 Å². The Morgan fingerprint density at radius 3 is 2.57 bits per heavy atom. The van der Waals surface area contributed by atoms with Crippen molar-refractivity contribution < 1.29 is 4.79 Å². The van der Waals surface area contributed by atoms with E-state index in [-0.39, 0.29) is 6.03 Å². The van der Waals surface area contributed by atoms with Crippen LogP contribution in [0.15, 0.2) is 0 Å². The first-order valence-corrected chi connectivity index (χ1v) is 9.20. The Morgan fingerprint density at radius 2 is 1.78 bits per heavy atom. The smallest absolute Gasteiger partial charge is 0.317 e. The van der Waals surface area contributed by atoms with Gasteiger partial charge in [-0.15, -0.1) is 10.2 Å². The van der Waals surface area contributed by atoms with Gasteiger partial charge >= 0.3 is 6.03 Å². The van der Waals surface area contributed by atoms with Crippen molar-refractivity contribution in [3.05, 3.63) is 11.6 Å². The third kappa shape index (κ3) is 2.95. The molecule has 0 aromatic carbocycles. The van der Waals surface area contributed by atoms with Crippen molar-refractivity contribution in [2.24, 2.45) is 5.41 Å². The molecule has 1 aromatic rings. The quantitative estimate of drug-likeness (QED) is 0.911. The number of aryl methyl sites for hydroxylation is 1. The highest BCUT2D eigenvalue weighted by atomic mass is 16.2. The average molecular weight is 317 g/mol. The molecule has 3 aliphatic rings. The maximum atomic E-state index is 12.4. The number of aromatic nitrogens is 3. The molecule has 6 nitrogen and oxygen atoms in total. The number of fused-ring (bicyclic) bond motifs is 1. The number of urea groups is 1. The number of amides is 2. The SMILES string of the molecule is O=C(NCc1nnc2n1CCC2)N1CCC2(CCCCC2)CC1. The largest absolute Gasteiger partial charge is 0.331 e. The average Bonchev–Trinajstić information content (AvgIpc) is 3.18. The first-order valence-electron chi connectivity index (χ1n) is 9.20. The highest BCUT2D eigenvalue weighted by molar-refractivity contribution is 5.74. The lowest BCUT2D eigenvalue weighted by Gasteiger charge is -2.44. The summed E-state index contributed by atoms with van der Waals surface area (Å²) >= 11 is 0. The van der Waals surface area contributed by atoms with Gasteiger partial charge < -0.3 is 14.8 Å². The molecular weight excluding hydrogens is 290 g/mol. The van der Waals surface area contributed by atoms with Crippen LogP contribution in [-0.4, -0.2) is 38.8 Å². The number of nitrogens with zero attached hydrogens (tertiary/aromatic N) is 4. The van der Waals surface area contributed by atoms with Crippen LogP contribution in [0.1, 0.15) is 63.0 Å². The van der Waals surface area contributed by atoms with Gasteiger partial charge in [0.1, 0.15) is 5.82 Å². The molecule has 4 rings (SSSR count). The topological polar surface area (TPSA) is 63.1 Å². The lowest BCUT2D eigenvalue weighted by Crippen LogP contribution is -2.47. The normalized spacial score (nSPS) is 23.0. The third-order valence-electron chi connectivity index (χ3n) is 6.11. The molecular formula is C17H27N5O. The summed E-state index contributed by atoms with van der Waals surface area (Å²) in [6, 6.07) is 0.0611.